The van der Waals surface area contributed by atoms with E-state index in [-0.39, 0.29) is 37.2 Å². The van der Waals surface area contributed by atoms with Crippen LogP contribution in [0.5, 0.6) is 0 Å². The van der Waals surface area contributed by atoms with E-state index in [9.17, 15) is 14.4 Å². The number of hydrogen-bond acceptors (Lipinski definition) is 5. The van der Waals surface area contributed by atoms with Crippen molar-refractivity contribution in [3.05, 3.63) is 35.4 Å². The van der Waals surface area contributed by atoms with Gasteiger partial charge in [-0.15, -0.1) is 0 Å². The first-order valence-electron chi connectivity index (χ1n) is 7.36. The minimum absolute atomic E-state index is 0.180. The van der Waals surface area contributed by atoms with Crippen LogP contribution in [0.1, 0.15) is 33.6 Å². The molecule has 2 rings (SSSR count). The van der Waals surface area contributed by atoms with E-state index in [1.54, 1.807) is 24.3 Å². The van der Waals surface area contributed by atoms with Gasteiger partial charge in [0.25, 0.3) is 11.8 Å². The molecule has 1 aromatic rings. The molecule has 0 aliphatic carbocycles. The molecule has 0 atom stereocenters. The van der Waals surface area contributed by atoms with Crippen LogP contribution in [0.2, 0.25) is 0 Å². The monoisotopic (exact) mass is 320 g/mol. The molecular weight excluding hydrogens is 300 g/mol. The van der Waals surface area contributed by atoms with Crippen molar-refractivity contribution in [2.45, 2.75) is 19.1 Å². The largest absolute Gasteiger partial charge is 0.354 e. The lowest BCUT2D eigenvalue weighted by Gasteiger charge is -2.15. The van der Waals surface area contributed by atoms with Gasteiger partial charge in [-0.2, -0.15) is 0 Å². The number of carbonyl (C=O) groups is 3. The van der Waals surface area contributed by atoms with Crippen LogP contribution in [0, 0.1) is 0 Å². The molecule has 124 valence electrons. The second kappa shape index (κ2) is 7.85. The predicted octanol–water partition coefficient (Wildman–Crippen LogP) is 0.798. The molecule has 3 amide bonds. The van der Waals surface area contributed by atoms with Crippen molar-refractivity contribution in [1.29, 1.82) is 0 Å². The molecule has 0 unspecified atom stereocenters. The molecule has 1 N–H and O–H groups in total. The molecule has 1 aromatic carbocycles. The van der Waals surface area contributed by atoms with Crippen LogP contribution < -0.4 is 5.32 Å². The van der Waals surface area contributed by atoms with Gasteiger partial charge in [-0.1, -0.05) is 12.1 Å². The van der Waals surface area contributed by atoms with Crippen molar-refractivity contribution in [3.63, 3.8) is 0 Å². The highest BCUT2D eigenvalue weighted by Gasteiger charge is 2.34. The summed E-state index contributed by atoms with van der Waals surface area (Å²) in [5, 5.41) is 2.67. The van der Waals surface area contributed by atoms with Gasteiger partial charge in [0.15, 0.2) is 6.29 Å². The van der Waals surface area contributed by atoms with Gasteiger partial charge in [0, 0.05) is 27.2 Å². The average Bonchev–Trinajstić information content (AvgIpc) is 2.81. The van der Waals surface area contributed by atoms with Gasteiger partial charge in [0.2, 0.25) is 5.91 Å². The molecule has 0 aromatic heterocycles. The van der Waals surface area contributed by atoms with Crippen LogP contribution in [-0.4, -0.2) is 56.2 Å². The quantitative estimate of drug-likeness (QED) is 0.566. The zero-order valence-electron chi connectivity index (χ0n) is 13.2. The van der Waals surface area contributed by atoms with Crippen LogP contribution in [0.4, 0.5) is 0 Å². The smallest absolute Gasteiger partial charge is 0.261 e. The highest BCUT2D eigenvalue weighted by molar-refractivity contribution is 6.21. The molecule has 7 heteroatoms. The lowest BCUT2D eigenvalue weighted by atomic mass is 10.1. The van der Waals surface area contributed by atoms with E-state index in [0.717, 1.165) is 0 Å². The number of ether oxygens (including phenoxy) is 2. The van der Waals surface area contributed by atoms with Gasteiger partial charge in [-0.3, -0.25) is 19.3 Å². The summed E-state index contributed by atoms with van der Waals surface area (Å²) in [5.74, 6) is -0.782. The Labute approximate surface area is 134 Å². The van der Waals surface area contributed by atoms with Crippen molar-refractivity contribution in [2.75, 3.05) is 27.3 Å². The summed E-state index contributed by atoms with van der Waals surface area (Å²) < 4.78 is 9.93. The number of fused-ring (bicyclic) bond motifs is 1. The number of nitrogens with zero attached hydrogens (tertiary/aromatic N) is 1. The molecule has 0 bridgehead atoms. The third-order valence-electron chi connectivity index (χ3n) is 3.66. The van der Waals surface area contributed by atoms with Gasteiger partial charge < -0.3 is 14.8 Å². The SMILES string of the molecule is COC(CNC(=O)CCCN1C(=O)c2ccccc2C1=O)OC. The van der Waals surface area contributed by atoms with Gasteiger partial charge >= 0.3 is 0 Å². The van der Waals surface area contributed by atoms with Gasteiger partial charge in [-0.05, 0) is 18.6 Å². The van der Waals surface area contributed by atoms with Gasteiger partial charge in [-0.25, -0.2) is 0 Å². The molecule has 0 saturated carbocycles. The summed E-state index contributed by atoms with van der Waals surface area (Å²) in [5.41, 5.74) is 0.843. The van der Waals surface area contributed by atoms with Crippen molar-refractivity contribution in [2.24, 2.45) is 0 Å². The van der Waals surface area contributed by atoms with Crippen molar-refractivity contribution in [1.82, 2.24) is 10.2 Å². The second-order valence-corrected chi connectivity index (χ2v) is 5.12. The highest BCUT2D eigenvalue weighted by atomic mass is 16.7. The van der Waals surface area contributed by atoms with Crippen molar-refractivity contribution < 1.29 is 23.9 Å². The van der Waals surface area contributed by atoms with E-state index in [2.05, 4.69) is 5.32 Å². The van der Waals surface area contributed by atoms with Crippen molar-refractivity contribution >= 4 is 17.7 Å². The maximum Gasteiger partial charge on any atom is 0.261 e. The first-order valence-corrected chi connectivity index (χ1v) is 7.36. The molecule has 1 aliphatic heterocycles. The number of nitrogens with one attached hydrogen (secondary N) is 1. The fraction of sp³-hybridized carbons (Fsp3) is 0.438. The van der Waals surface area contributed by atoms with Gasteiger partial charge in [0.1, 0.15) is 0 Å². The molecular formula is C16H20N2O5. The first kappa shape index (κ1) is 17.1. The number of benzene rings is 1. The Morgan fingerprint density at radius 2 is 1.70 bits per heavy atom. The van der Waals surface area contributed by atoms with Crippen LogP contribution in [0.25, 0.3) is 0 Å². The summed E-state index contributed by atoms with van der Waals surface area (Å²) in [4.78, 5) is 37.2. The number of carbonyl (C=O) groups excluding carboxylic acids is 3. The summed E-state index contributed by atoms with van der Waals surface area (Å²) >= 11 is 0. The Morgan fingerprint density at radius 3 is 2.22 bits per heavy atom. The number of hydrogen-bond donors (Lipinski definition) is 1. The zero-order valence-corrected chi connectivity index (χ0v) is 13.2. The summed E-state index contributed by atoms with van der Waals surface area (Å²) in [7, 11) is 2.98. The predicted molar refractivity (Wildman–Crippen MR) is 81.9 cm³/mol. The minimum Gasteiger partial charge on any atom is -0.354 e. The first-order chi connectivity index (χ1) is 11.1. The molecule has 0 spiro atoms. The van der Waals surface area contributed by atoms with E-state index in [1.807, 2.05) is 0 Å². The van der Waals surface area contributed by atoms with E-state index in [0.29, 0.717) is 17.5 Å². The number of imide groups is 1. The molecule has 1 aliphatic rings. The Hall–Kier alpha value is -2.25. The summed E-state index contributed by atoms with van der Waals surface area (Å²) in [6.07, 6.45) is 0.130. The third kappa shape index (κ3) is 3.94. The van der Waals surface area contributed by atoms with Crippen molar-refractivity contribution in [3.8, 4) is 0 Å². The zero-order chi connectivity index (χ0) is 16.8. The third-order valence-corrected chi connectivity index (χ3v) is 3.66. The fourth-order valence-electron chi connectivity index (χ4n) is 2.39. The summed E-state index contributed by atoms with van der Waals surface area (Å²) in [6, 6.07) is 6.72. The molecule has 0 radical (unpaired) electrons. The van der Waals surface area contributed by atoms with Crippen LogP contribution in [-0.2, 0) is 14.3 Å². The topological polar surface area (TPSA) is 84.9 Å². The highest BCUT2D eigenvalue weighted by Crippen LogP contribution is 2.22. The Bertz CT molecular complexity index is 563. The Kier molecular flexibility index (Phi) is 5.84. The lowest BCUT2D eigenvalue weighted by Crippen LogP contribution is -2.35. The fourth-order valence-corrected chi connectivity index (χ4v) is 2.39. The van der Waals surface area contributed by atoms with Crippen LogP contribution in [0.3, 0.4) is 0 Å². The van der Waals surface area contributed by atoms with Crippen LogP contribution >= 0.6 is 0 Å². The molecule has 1 heterocycles. The number of methoxy groups -OCH3 is 2. The van der Waals surface area contributed by atoms with Gasteiger partial charge in [0.05, 0.1) is 17.7 Å². The second-order valence-electron chi connectivity index (χ2n) is 5.12. The normalized spacial score (nSPS) is 13.6. The number of rotatable bonds is 8. The van der Waals surface area contributed by atoms with E-state index in [1.165, 1.54) is 19.1 Å². The number of amides is 3. The average molecular weight is 320 g/mol. The maximum absolute atomic E-state index is 12.1. The Balaban J connectivity index is 1.78. The lowest BCUT2D eigenvalue weighted by molar-refractivity contribution is -0.127. The van der Waals surface area contributed by atoms with E-state index < -0.39 is 6.29 Å². The molecule has 7 nitrogen and oxygen atoms in total. The standard InChI is InChI=1S/C16H20N2O5/c1-22-14(23-2)10-17-13(19)8-5-9-18-15(20)11-6-3-4-7-12(11)16(18)21/h3-4,6-7,14H,5,8-10H2,1-2H3,(H,17,19). The molecule has 0 saturated heterocycles. The van der Waals surface area contributed by atoms with E-state index in [4.69, 9.17) is 9.47 Å². The Morgan fingerprint density at radius 1 is 1.13 bits per heavy atom. The molecule has 23 heavy (non-hydrogen) atoms. The van der Waals surface area contributed by atoms with Crippen LogP contribution in [0.15, 0.2) is 24.3 Å². The maximum atomic E-state index is 12.1. The molecule has 0 fully saturated rings. The minimum atomic E-state index is -0.491. The summed E-state index contributed by atoms with van der Waals surface area (Å²) in [6.45, 7) is 0.469. The van der Waals surface area contributed by atoms with E-state index >= 15 is 0 Å².